The average molecular weight is 235 g/mol. The molecular weight excluding hydrogens is 221 g/mol. The van der Waals surface area contributed by atoms with Crippen molar-refractivity contribution in [1.82, 2.24) is 0 Å². The van der Waals surface area contributed by atoms with Crippen LogP contribution in [-0.4, -0.2) is 6.61 Å². The van der Waals surface area contributed by atoms with Gasteiger partial charge in [0.2, 0.25) is 0 Å². The van der Waals surface area contributed by atoms with E-state index >= 15 is 0 Å². The van der Waals surface area contributed by atoms with Gasteiger partial charge in [-0.1, -0.05) is 30.9 Å². The van der Waals surface area contributed by atoms with Gasteiger partial charge in [0.1, 0.15) is 0 Å². The molecule has 0 aliphatic rings. The second-order valence-corrected chi connectivity index (χ2v) is 4.32. The van der Waals surface area contributed by atoms with Crippen molar-refractivity contribution in [3.8, 4) is 0 Å². The van der Waals surface area contributed by atoms with Crippen LogP contribution < -0.4 is 0 Å². The summed E-state index contributed by atoms with van der Waals surface area (Å²) >= 11 is 4.70. The van der Waals surface area contributed by atoms with Crippen LogP contribution in [0, 0.1) is 0 Å². The van der Waals surface area contributed by atoms with E-state index in [-0.39, 0.29) is 6.61 Å². The molecule has 0 aromatic rings. The molecule has 7 heteroatoms. The van der Waals surface area contributed by atoms with Crippen molar-refractivity contribution in [2.45, 2.75) is 32.6 Å². The minimum absolute atomic E-state index is 0.105. The van der Waals surface area contributed by atoms with Crippen LogP contribution >= 0.6 is 19.7 Å². The van der Waals surface area contributed by atoms with Gasteiger partial charge in [0.25, 0.3) is 0 Å². The fourth-order valence-corrected chi connectivity index (χ4v) is 1.39. The minimum atomic E-state index is -4.13. The molecule has 0 aliphatic carbocycles. The van der Waals surface area contributed by atoms with Gasteiger partial charge in [-0.15, -0.1) is 0 Å². The van der Waals surface area contributed by atoms with Gasteiger partial charge < -0.3 is 0 Å². The predicted molar refractivity (Wildman–Crippen MR) is 46.8 cm³/mol. The summed E-state index contributed by atoms with van der Waals surface area (Å²) in [5.41, 5.74) is 0. The summed E-state index contributed by atoms with van der Waals surface area (Å²) in [6.45, 7) is 2.16. The molecule has 0 bridgehead atoms. The summed E-state index contributed by atoms with van der Waals surface area (Å²) in [4.78, 5) is 0. The molecule has 0 saturated carbocycles. The molecule has 0 N–H and O–H groups in total. The first-order valence-electron chi connectivity index (χ1n) is 4.03. The van der Waals surface area contributed by atoms with E-state index in [0.717, 1.165) is 19.3 Å². The Morgan fingerprint density at radius 3 is 2.54 bits per heavy atom. The molecule has 0 rings (SSSR count). The highest BCUT2D eigenvalue weighted by atomic mass is 35.5. The summed E-state index contributed by atoms with van der Waals surface area (Å²) in [6.07, 6.45) is 3.71. The van der Waals surface area contributed by atoms with Gasteiger partial charge in [-0.3, -0.25) is 4.52 Å². The highest BCUT2D eigenvalue weighted by molar-refractivity contribution is 7.49. The van der Waals surface area contributed by atoms with E-state index in [9.17, 15) is 9.09 Å². The lowest BCUT2D eigenvalue weighted by molar-refractivity contribution is -0.0444. The van der Waals surface area contributed by atoms with E-state index in [1.807, 2.05) is 0 Å². The zero-order valence-corrected chi connectivity index (χ0v) is 9.02. The third-order valence-electron chi connectivity index (χ3n) is 1.42. The Bertz CT molecular complexity index is 161. The lowest BCUT2D eigenvalue weighted by atomic mass is 10.2. The van der Waals surface area contributed by atoms with Crippen LogP contribution in [0.25, 0.3) is 0 Å². The van der Waals surface area contributed by atoms with E-state index in [4.69, 9.17) is 11.9 Å². The van der Waals surface area contributed by atoms with Crippen molar-refractivity contribution in [1.29, 1.82) is 0 Å². The van der Waals surface area contributed by atoms with Crippen LogP contribution in [0.2, 0.25) is 0 Å². The standard InChI is InChI=1S/C6H13ClFO4P/c1-2-3-4-5-6-10-13(9,11-7)12-8/h2-6H2,1H3. The Morgan fingerprint density at radius 2 is 2.08 bits per heavy atom. The number of halogens is 2. The van der Waals surface area contributed by atoms with E-state index in [1.54, 1.807) is 0 Å². The SMILES string of the molecule is CCCCCCOP(=O)(OF)OCl. The minimum Gasteiger partial charge on any atom is -0.284 e. The number of hydrogen-bond donors (Lipinski definition) is 0. The number of hydrogen-bond acceptors (Lipinski definition) is 4. The molecule has 0 heterocycles. The molecule has 0 spiro atoms. The van der Waals surface area contributed by atoms with Crippen LogP contribution in [0.4, 0.5) is 4.53 Å². The third-order valence-corrected chi connectivity index (χ3v) is 2.76. The van der Waals surface area contributed by atoms with Crippen LogP contribution in [0.3, 0.4) is 0 Å². The Hall–Kier alpha value is 0.330. The van der Waals surface area contributed by atoms with Gasteiger partial charge in [0, 0.05) is 0 Å². The van der Waals surface area contributed by atoms with Gasteiger partial charge in [0.05, 0.1) is 18.5 Å². The van der Waals surface area contributed by atoms with Crippen LogP contribution in [0.1, 0.15) is 32.6 Å². The lowest BCUT2D eigenvalue weighted by Crippen LogP contribution is -1.93. The van der Waals surface area contributed by atoms with Crippen molar-refractivity contribution in [2.75, 3.05) is 6.61 Å². The van der Waals surface area contributed by atoms with Gasteiger partial charge in [-0.2, -0.15) is 4.08 Å². The summed E-state index contributed by atoms with van der Waals surface area (Å²) < 4.78 is 33.5. The lowest BCUT2D eigenvalue weighted by Gasteiger charge is -2.07. The summed E-state index contributed by atoms with van der Waals surface area (Å²) in [6, 6.07) is 0. The van der Waals surface area contributed by atoms with E-state index in [0.29, 0.717) is 6.42 Å². The van der Waals surface area contributed by atoms with Gasteiger partial charge in [-0.25, -0.2) is 4.57 Å². The highest BCUT2D eigenvalue weighted by Gasteiger charge is 2.27. The average Bonchev–Trinajstić information content (AvgIpc) is 2.17. The predicted octanol–water partition coefficient (Wildman–Crippen LogP) is 3.76. The molecule has 1 unspecified atom stereocenters. The second kappa shape index (κ2) is 7.71. The molecule has 0 aliphatic heterocycles. The Labute approximate surface area is 82.0 Å². The molecule has 0 radical (unpaired) electrons. The molecular formula is C6H13ClFO4P. The van der Waals surface area contributed by atoms with E-state index < -0.39 is 7.82 Å². The molecule has 0 fully saturated rings. The number of phosphoric acid groups is 1. The van der Waals surface area contributed by atoms with Crippen molar-refractivity contribution in [3.63, 3.8) is 0 Å². The highest BCUT2D eigenvalue weighted by Crippen LogP contribution is 2.51. The molecule has 0 saturated heterocycles. The Balaban J connectivity index is 3.45. The molecule has 0 amide bonds. The van der Waals surface area contributed by atoms with Crippen molar-refractivity contribution in [3.05, 3.63) is 0 Å². The smallest absolute Gasteiger partial charge is 0.284 e. The molecule has 0 aromatic heterocycles. The fraction of sp³-hybridized carbons (Fsp3) is 1.00. The molecule has 80 valence electrons. The third kappa shape index (κ3) is 6.41. The van der Waals surface area contributed by atoms with Gasteiger partial charge in [0.15, 0.2) is 0 Å². The largest absolute Gasteiger partial charge is 0.522 e. The summed E-state index contributed by atoms with van der Waals surface area (Å²) in [7, 11) is -4.13. The van der Waals surface area contributed by atoms with Crippen molar-refractivity contribution < 1.29 is 22.4 Å². The first kappa shape index (κ1) is 13.3. The number of rotatable bonds is 8. The fourth-order valence-electron chi connectivity index (χ4n) is 0.756. The zero-order chi connectivity index (χ0) is 10.2. The number of unbranched alkanes of at least 4 members (excludes halogenated alkanes) is 3. The quantitative estimate of drug-likeness (QED) is 0.474. The first-order valence-corrected chi connectivity index (χ1v) is 5.80. The normalized spacial score (nSPS) is 15.6. The van der Waals surface area contributed by atoms with Crippen molar-refractivity contribution >= 4 is 19.7 Å². The topological polar surface area (TPSA) is 44.8 Å². The molecule has 1 atom stereocenters. The Kier molecular flexibility index (Phi) is 7.90. The van der Waals surface area contributed by atoms with Crippen molar-refractivity contribution in [2.24, 2.45) is 0 Å². The summed E-state index contributed by atoms with van der Waals surface area (Å²) in [5, 5.41) is 0. The maximum atomic E-state index is 11.5. The second-order valence-electron chi connectivity index (χ2n) is 2.48. The molecule has 4 nitrogen and oxygen atoms in total. The van der Waals surface area contributed by atoms with E-state index in [2.05, 4.69) is 20.3 Å². The maximum absolute atomic E-state index is 11.5. The van der Waals surface area contributed by atoms with Crippen LogP contribution in [0.15, 0.2) is 0 Å². The van der Waals surface area contributed by atoms with Gasteiger partial charge in [-0.05, 0) is 10.9 Å². The van der Waals surface area contributed by atoms with E-state index in [1.165, 1.54) is 0 Å². The monoisotopic (exact) mass is 234 g/mol. The van der Waals surface area contributed by atoms with Crippen LogP contribution in [-0.2, 0) is 17.9 Å². The maximum Gasteiger partial charge on any atom is 0.522 e. The molecule has 13 heavy (non-hydrogen) atoms. The summed E-state index contributed by atoms with van der Waals surface area (Å²) in [5.74, 6) is 0. The van der Waals surface area contributed by atoms with Crippen LogP contribution in [0.5, 0.6) is 0 Å². The van der Waals surface area contributed by atoms with Gasteiger partial charge >= 0.3 is 7.82 Å². The Morgan fingerprint density at radius 1 is 1.38 bits per heavy atom. The first-order chi connectivity index (χ1) is 6.18. The zero-order valence-electron chi connectivity index (χ0n) is 7.37. The molecule has 0 aromatic carbocycles.